The number of carbonyl (C=O) groups excluding carboxylic acids is 2. The molecule has 22 heavy (non-hydrogen) atoms. The standard InChI is InChI=1S/C18H18O4/c1-17-11-9-13(19)15-18(17,22-15)10-5-8-14(17)21-16(20)12-6-3-2-4-7-12/h2-4,6-7,9,11,14-15H,5,8,10H2,1H3/t14-,15-,17+,18-/m0/s1. The van der Waals surface area contributed by atoms with Crippen molar-refractivity contribution < 1.29 is 19.1 Å². The second-order valence-corrected chi connectivity index (χ2v) is 6.56. The fourth-order valence-corrected chi connectivity index (χ4v) is 4.00. The van der Waals surface area contributed by atoms with E-state index < -0.39 is 11.0 Å². The van der Waals surface area contributed by atoms with E-state index in [2.05, 4.69) is 0 Å². The van der Waals surface area contributed by atoms with Crippen molar-refractivity contribution in [3.63, 3.8) is 0 Å². The predicted molar refractivity (Wildman–Crippen MR) is 79.4 cm³/mol. The maximum atomic E-state index is 12.4. The molecule has 4 nitrogen and oxygen atoms in total. The average Bonchev–Trinajstić information content (AvgIpc) is 3.27. The lowest BCUT2D eigenvalue weighted by molar-refractivity contribution is -0.116. The molecule has 0 unspecified atom stereocenters. The summed E-state index contributed by atoms with van der Waals surface area (Å²) in [6.07, 6.45) is 5.42. The van der Waals surface area contributed by atoms with Gasteiger partial charge in [-0.2, -0.15) is 0 Å². The summed E-state index contributed by atoms with van der Waals surface area (Å²) in [6, 6.07) is 9.01. The second kappa shape index (κ2) is 4.53. The van der Waals surface area contributed by atoms with Gasteiger partial charge in [0.2, 0.25) is 0 Å². The minimum absolute atomic E-state index is 0.0347. The summed E-state index contributed by atoms with van der Waals surface area (Å²) < 4.78 is 11.6. The molecule has 2 fully saturated rings. The van der Waals surface area contributed by atoms with Gasteiger partial charge in [-0.05, 0) is 44.4 Å². The highest BCUT2D eigenvalue weighted by Gasteiger charge is 2.73. The molecule has 3 aliphatic rings. The molecule has 4 rings (SSSR count). The second-order valence-electron chi connectivity index (χ2n) is 6.56. The molecule has 0 bridgehead atoms. The van der Waals surface area contributed by atoms with Gasteiger partial charge in [0.1, 0.15) is 11.7 Å². The van der Waals surface area contributed by atoms with Gasteiger partial charge in [-0.15, -0.1) is 0 Å². The van der Waals surface area contributed by atoms with Crippen molar-refractivity contribution in [2.75, 3.05) is 0 Å². The van der Waals surface area contributed by atoms with E-state index in [1.807, 2.05) is 31.2 Å². The molecule has 1 aromatic rings. The minimum Gasteiger partial charge on any atom is -0.458 e. The van der Waals surface area contributed by atoms with Gasteiger partial charge in [0.15, 0.2) is 11.9 Å². The van der Waals surface area contributed by atoms with Crippen LogP contribution < -0.4 is 0 Å². The summed E-state index contributed by atoms with van der Waals surface area (Å²) in [5.41, 5.74) is -0.331. The topological polar surface area (TPSA) is 55.9 Å². The summed E-state index contributed by atoms with van der Waals surface area (Å²) in [4.78, 5) is 24.2. The molecular weight excluding hydrogens is 280 g/mol. The number of hydrogen-bond donors (Lipinski definition) is 0. The molecule has 0 radical (unpaired) electrons. The minimum atomic E-state index is -0.460. The Bertz CT molecular complexity index is 665. The summed E-state index contributed by atoms with van der Waals surface area (Å²) in [5.74, 6) is -0.279. The van der Waals surface area contributed by atoms with E-state index in [0.717, 1.165) is 19.3 Å². The lowest BCUT2D eigenvalue weighted by atomic mass is 9.61. The maximum Gasteiger partial charge on any atom is 0.338 e. The van der Waals surface area contributed by atoms with Crippen LogP contribution in [0, 0.1) is 5.41 Å². The number of rotatable bonds is 2. The van der Waals surface area contributed by atoms with Gasteiger partial charge in [0.25, 0.3) is 0 Å². The third-order valence-corrected chi connectivity index (χ3v) is 5.40. The molecule has 114 valence electrons. The Labute approximate surface area is 129 Å². The molecule has 0 N–H and O–H groups in total. The van der Waals surface area contributed by atoms with Crippen molar-refractivity contribution in [3.05, 3.63) is 48.0 Å². The first-order valence-corrected chi connectivity index (χ1v) is 7.74. The number of ketones is 1. The van der Waals surface area contributed by atoms with E-state index in [1.54, 1.807) is 18.2 Å². The van der Waals surface area contributed by atoms with Crippen LogP contribution in [0.2, 0.25) is 0 Å². The number of epoxide rings is 1. The van der Waals surface area contributed by atoms with E-state index in [0.29, 0.717) is 5.56 Å². The Hall–Kier alpha value is -1.94. The lowest BCUT2D eigenvalue weighted by Crippen LogP contribution is -2.52. The van der Waals surface area contributed by atoms with Crippen LogP contribution >= 0.6 is 0 Å². The van der Waals surface area contributed by atoms with Gasteiger partial charge < -0.3 is 9.47 Å². The Balaban J connectivity index is 1.61. The third kappa shape index (κ3) is 1.73. The maximum absolute atomic E-state index is 12.4. The number of esters is 1. The van der Waals surface area contributed by atoms with Crippen molar-refractivity contribution in [1.82, 2.24) is 0 Å². The number of benzene rings is 1. The van der Waals surface area contributed by atoms with Crippen LogP contribution in [-0.4, -0.2) is 29.6 Å². The van der Waals surface area contributed by atoms with Crippen molar-refractivity contribution in [2.24, 2.45) is 5.41 Å². The Kier molecular flexibility index (Phi) is 2.82. The van der Waals surface area contributed by atoms with Gasteiger partial charge >= 0.3 is 5.97 Å². The predicted octanol–water partition coefficient (Wildman–Crippen LogP) is 2.68. The van der Waals surface area contributed by atoms with Crippen LogP contribution in [-0.2, 0) is 14.3 Å². The van der Waals surface area contributed by atoms with E-state index >= 15 is 0 Å². The fourth-order valence-electron chi connectivity index (χ4n) is 4.00. The van der Waals surface area contributed by atoms with Gasteiger partial charge in [0.05, 0.1) is 11.0 Å². The molecular formula is C18H18O4. The van der Waals surface area contributed by atoms with Crippen molar-refractivity contribution >= 4 is 11.8 Å². The van der Waals surface area contributed by atoms with Crippen molar-refractivity contribution in [3.8, 4) is 0 Å². The van der Waals surface area contributed by atoms with E-state index in [-0.39, 0.29) is 24.0 Å². The smallest absolute Gasteiger partial charge is 0.338 e. The van der Waals surface area contributed by atoms with Crippen LogP contribution in [0.3, 0.4) is 0 Å². The van der Waals surface area contributed by atoms with E-state index in [4.69, 9.17) is 9.47 Å². The fraction of sp³-hybridized carbons (Fsp3) is 0.444. The summed E-state index contributed by atoms with van der Waals surface area (Å²) in [5, 5.41) is 0. The third-order valence-electron chi connectivity index (χ3n) is 5.40. The normalized spacial score (nSPS) is 38.9. The molecule has 1 aromatic carbocycles. The number of ether oxygens (including phenoxy) is 2. The number of hydrogen-bond acceptors (Lipinski definition) is 4. The summed E-state index contributed by atoms with van der Waals surface area (Å²) in [7, 11) is 0. The first-order chi connectivity index (χ1) is 10.6. The van der Waals surface area contributed by atoms with Gasteiger partial charge in [0, 0.05) is 0 Å². The van der Waals surface area contributed by atoms with Crippen LogP contribution in [0.1, 0.15) is 36.5 Å². The van der Waals surface area contributed by atoms with Crippen molar-refractivity contribution in [2.45, 2.75) is 44.0 Å². The van der Waals surface area contributed by atoms with Crippen LogP contribution in [0.5, 0.6) is 0 Å². The molecule has 1 saturated carbocycles. The zero-order valence-corrected chi connectivity index (χ0v) is 12.5. The molecule has 1 saturated heterocycles. The van der Waals surface area contributed by atoms with Gasteiger partial charge in [-0.1, -0.05) is 24.3 Å². The van der Waals surface area contributed by atoms with Crippen LogP contribution in [0.15, 0.2) is 42.5 Å². The lowest BCUT2D eigenvalue weighted by Gasteiger charge is -2.44. The zero-order valence-electron chi connectivity index (χ0n) is 12.5. The molecule has 0 amide bonds. The Morgan fingerprint density at radius 3 is 2.86 bits per heavy atom. The van der Waals surface area contributed by atoms with Gasteiger partial charge in [-0.3, -0.25) is 4.79 Å². The first-order valence-electron chi connectivity index (χ1n) is 7.74. The quantitative estimate of drug-likeness (QED) is 0.622. The Morgan fingerprint density at radius 2 is 2.09 bits per heavy atom. The van der Waals surface area contributed by atoms with E-state index in [9.17, 15) is 9.59 Å². The van der Waals surface area contributed by atoms with E-state index in [1.165, 1.54) is 0 Å². The number of carbonyl (C=O) groups is 2. The highest BCUT2D eigenvalue weighted by molar-refractivity contribution is 5.98. The molecule has 0 aromatic heterocycles. The molecule has 4 atom stereocenters. The first kappa shape index (κ1) is 13.7. The van der Waals surface area contributed by atoms with Crippen LogP contribution in [0.4, 0.5) is 0 Å². The molecule has 4 heteroatoms. The monoisotopic (exact) mass is 298 g/mol. The molecule has 1 heterocycles. The summed E-state index contributed by atoms with van der Waals surface area (Å²) in [6.45, 7) is 2.04. The largest absolute Gasteiger partial charge is 0.458 e. The van der Waals surface area contributed by atoms with Gasteiger partial charge in [-0.25, -0.2) is 4.79 Å². The SMILES string of the molecule is C[C@]12C=CC(=O)[C@@H]3O[C@@]31CCC[C@@H]2OC(=O)c1ccccc1. The van der Waals surface area contributed by atoms with Crippen molar-refractivity contribution in [1.29, 1.82) is 0 Å². The highest BCUT2D eigenvalue weighted by Crippen LogP contribution is 2.62. The average molecular weight is 298 g/mol. The molecule has 1 aliphatic heterocycles. The Morgan fingerprint density at radius 1 is 1.32 bits per heavy atom. The molecule has 2 aliphatic carbocycles. The van der Waals surface area contributed by atoms with Crippen LogP contribution in [0.25, 0.3) is 0 Å². The highest BCUT2D eigenvalue weighted by atomic mass is 16.6. The molecule has 1 spiro atoms. The zero-order chi connectivity index (χ0) is 15.4. The summed E-state index contributed by atoms with van der Waals surface area (Å²) >= 11 is 0.